The van der Waals surface area contributed by atoms with E-state index in [9.17, 15) is 14.0 Å². The van der Waals surface area contributed by atoms with Crippen LogP contribution in [0.25, 0.3) is 0 Å². The van der Waals surface area contributed by atoms with Crippen LogP contribution < -0.4 is 4.74 Å². The van der Waals surface area contributed by atoms with Gasteiger partial charge in [-0.2, -0.15) is 0 Å². The second kappa shape index (κ2) is 6.13. The zero-order valence-electron chi connectivity index (χ0n) is 11.2. The molecule has 5 nitrogen and oxygen atoms in total. The number of hydrogen-bond acceptors (Lipinski definition) is 4. The van der Waals surface area contributed by atoms with Gasteiger partial charge in [0.05, 0.1) is 6.20 Å². The van der Waals surface area contributed by atoms with E-state index in [1.54, 1.807) is 6.92 Å². The van der Waals surface area contributed by atoms with Crippen LogP contribution in [0.5, 0.6) is 11.5 Å². The molecule has 0 amide bonds. The average molecular weight is 289 g/mol. The molecule has 0 bridgehead atoms. The molecule has 0 saturated heterocycles. The molecule has 0 aliphatic carbocycles. The summed E-state index contributed by atoms with van der Waals surface area (Å²) in [6.07, 6.45) is 1.62. The number of Topliss-reactive ketones (excluding diaryl/α,β-unsaturated/α-hetero) is 1. The third-order valence-corrected chi connectivity index (χ3v) is 2.75. The first-order valence-corrected chi connectivity index (χ1v) is 6.21. The molecule has 0 unspecified atom stereocenters. The minimum atomic E-state index is -1.23. The molecule has 0 saturated carbocycles. The maximum atomic E-state index is 13.2. The highest BCUT2D eigenvalue weighted by Gasteiger charge is 2.13. The molecule has 0 radical (unpaired) electrons. The molecule has 0 spiro atoms. The number of halogens is 1. The summed E-state index contributed by atoms with van der Waals surface area (Å²) in [5.74, 6) is -1.86. The zero-order chi connectivity index (χ0) is 15.4. The number of carboxylic acid groups (broad SMARTS) is 1. The van der Waals surface area contributed by atoms with Crippen LogP contribution in [-0.4, -0.2) is 21.8 Å². The molecule has 1 N–H and O–H groups in total. The van der Waals surface area contributed by atoms with E-state index in [2.05, 4.69) is 4.98 Å². The number of ether oxygens (including phenoxy) is 1. The van der Waals surface area contributed by atoms with E-state index < -0.39 is 11.8 Å². The molecule has 108 valence electrons. The van der Waals surface area contributed by atoms with Gasteiger partial charge in [-0.25, -0.2) is 14.2 Å². The van der Waals surface area contributed by atoms with Gasteiger partial charge in [0.15, 0.2) is 5.78 Å². The minimum absolute atomic E-state index is 0.112. The van der Waals surface area contributed by atoms with E-state index in [1.165, 1.54) is 18.3 Å². The number of aromatic carboxylic acids is 1. The summed E-state index contributed by atoms with van der Waals surface area (Å²) in [6.45, 7) is 1.72. The van der Waals surface area contributed by atoms with Crippen molar-refractivity contribution in [1.29, 1.82) is 0 Å². The Morgan fingerprint density at radius 3 is 2.62 bits per heavy atom. The van der Waals surface area contributed by atoms with Gasteiger partial charge in [-0.1, -0.05) is 6.92 Å². The molecule has 21 heavy (non-hydrogen) atoms. The maximum absolute atomic E-state index is 13.2. The fourth-order valence-electron chi connectivity index (χ4n) is 1.67. The monoisotopic (exact) mass is 289 g/mol. The van der Waals surface area contributed by atoms with E-state index in [0.29, 0.717) is 12.1 Å². The van der Waals surface area contributed by atoms with Gasteiger partial charge in [0.1, 0.15) is 28.6 Å². The number of carboxylic acids is 1. The smallest absolute Gasteiger partial charge is 0.339 e. The Balaban J connectivity index is 2.28. The number of pyridine rings is 1. The van der Waals surface area contributed by atoms with Gasteiger partial charge in [0, 0.05) is 12.5 Å². The van der Waals surface area contributed by atoms with Crippen molar-refractivity contribution in [2.45, 2.75) is 13.3 Å². The number of carbonyl (C=O) groups is 2. The van der Waals surface area contributed by atoms with Gasteiger partial charge >= 0.3 is 5.97 Å². The summed E-state index contributed by atoms with van der Waals surface area (Å²) < 4.78 is 18.5. The lowest BCUT2D eigenvalue weighted by molar-refractivity contribution is 0.0694. The van der Waals surface area contributed by atoms with E-state index in [-0.39, 0.29) is 22.8 Å². The van der Waals surface area contributed by atoms with Gasteiger partial charge in [0.25, 0.3) is 0 Å². The van der Waals surface area contributed by atoms with Crippen molar-refractivity contribution in [3.8, 4) is 11.5 Å². The number of carbonyl (C=O) groups excluding carboxylic acids is 1. The van der Waals surface area contributed by atoms with Crippen molar-refractivity contribution in [2.75, 3.05) is 0 Å². The molecule has 1 aromatic carbocycles. The van der Waals surface area contributed by atoms with Gasteiger partial charge < -0.3 is 9.84 Å². The van der Waals surface area contributed by atoms with Crippen molar-refractivity contribution in [3.05, 3.63) is 53.6 Å². The second-order valence-electron chi connectivity index (χ2n) is 4.20. The third kappa shape index (κ3) is 3.42. The summed E-state index contributed by atoms with van der Waals surface area (Å²) >= 11 is 0. The lowest BCUT2D eigenvalue weighted by atomic mass is 10.2. The molecule has 0 atom stereocenters. The van der Waals surface area contributed by atoms with E-state index in [1.807, 2.05) is 0 Å². The minimum Gasteiger partial charge on any atom is -0.478 e. The van der Waals surface area contributed by atoms with E-state index >= 15 is 0 Å². The third-order valence-electron chi connectivity index (χ3n) is 2.75. The van der Waals surface area contributed by atoms with Crippen LogP contribution in [0.2, 0.25) is 0 Å². The second-order valence-corrected chi connectivity index (χ2v) is 4.20. The van der Waals surface area contributed by atoms with Crippen LogP contribution in [0.1, 0.15) is 34.2 Å². The quantitative estimate of drug-likeness (QED) is 0.854. The van der Waals surface area contributed by atoms with Crippen LogP contribution >= 0.6 is 0 Å². The largest absolute Gasteiger partial charge is 0.478 e. The fraction of sp³-hybridized carbons (Fsp3) is 0.133. The average Bonchev–Trinajstić information content (AvgIpc) is 2.47. The van der Waals surface area contributed by atoms with Crippen LogP contribution in [0.15, 0.2) is 36.5 Å². The van der Waals surface area contributed by atoms with Crippen LogP contribution in [0, 0.1) is 5.82 Å². The highest BCUT2D eigenvalue weighted by atomic mass is 19.1. The maximum Gasteiger partial charge on any atom is 0.339 e. The number of aromatic nitrogens is 1. The summed E-state index contributed by atoms with van der Waals surface area (Å²) in [7, 11) is 0. The van der Waals surface area contributed by atoms with E-state index in [0.717, 1.165) is 18.2 Å². The van der Waals surface area contributed by atoms with Gasteiger partial charge in [-0.05, 0) is 24.3 Å². The first kappa shape index (κ1) is 14.6. The van der Waals surface area contributed by atoms with Crippen molar-refractivity contribution in [1.82, 2.24) is 4.98 Å². The number of benzene rings is 1. The molecular formula is C15H12FNO4. The molecule has 1 aromatic heterocycles. The Labute approximate surface area is 120 Å². The van der Waals surface area contributed by atoms with Gasteiger partial charge in [0.2, 0.25) is 0 Å². The van der Waals surface area contributed by atoms with Crippen molar-refractivity contribution in [2.24, 2.45) is 0 Å². The highest BCUT2D eigenvalue weighted by Crippen LogP contribution is 2.26. The molecule has 2 aromatic rings. The molecule has 6 heteroatoms. The molecule has 1 heterocycles. The molecular weight excluding hydrogens is 277 g/mol. The van der Waals surface area contributed by atoms with Crippen molar-refractivity contribution < 1.29 is 23.8 Å². The standard InChI is InChI=1S/C15H12FNO4/c1-2-13(18)12-6-4-10(8-17-12)21-14-7-9(16)3-5-11(14)15(19)20/h3-8H,2H2,1H3,(H,19,20). The van der Waals surface area contributed by atoms with Crippen molar-refractivity contribution >= 4 is 11.8 Å². The molecule has 0 aliphatic rings. The first-order valence-electron chi connectivity index (χ1n) is 6.21. The fourth-order valence-corrected chi connectivity index (χ4v) is 1.67. The Kier molecular flexibility index (Phi) is 4.27. The molecule has 2 rings (SSSR count). The Morgan fingerprint density at radius 1 is 1.29 bits per heavy atom. The SMILES string of the molecule is CCC(=O)c1ccc(Oc2cc(F)ccc2C(=O)O)cn1. The van der Waals surface area contributed by atoms with Crippen LogP contribution in [-0.2, 0) is 0 Å². The summed E-state index contributed by atoms with van der Waals surface area (Å²) in [5, 5.41) is 9.02. The molecule has 0 aliphatic heterocycles. The normalized spacial score (nSPS) is 10.2. The first-order chi connectivity index (χ1) is 10.0. The van der Waals surface area contributed by atoms with E-state index in [4.69, 9.17) is 9.84 Å². The lowest BCUT2D eigenvalue weighted by Crippen LogP contribution is -2.02. The Bertz CT molecular complexity index is 683. The number of rotatable bonds is 5. The summed E-state index contributed by atoms with van der Waals surface area (Å²) in [6, 6.07) is 6.09. The summed E-state index contributed by atoms with van der Waals surface area (Å²) in [4.78, 5) is 26.4. The Morgan fingerprint density at radius 2 is 2.05 bits per heavy atom. The highest BCUT2D eigenvalue weighted by molar-refractivity contribution is 5.94. The zero-order valence-corrected chi connectivity index (χ0v) is 11.2. The van der Waals surface area contributed by atoms with Crippen molar-refractivity contribution in [3.63, 3.8) is 0 Å². The lowest BCUT2D eigenvalue weighted by Gasteiger charge is -2.08. The number of nitrogens with zero attached hydrogens (tertiary/aromatic N) is 1. The predicted octanol–water partition coefficient (Wildman–Crippen LogP) is 3.30. The Hall–Kier alpha value is -2.76. The van der Waals surface area contributed by atoms with Crippen LogP contribution in [0.3, 0.4) is 0 Å². The molecule has 0 fully saturated rings. The summed E-state index contributed by atoms with van der Waals surface area (Å²) in [5.41, 5.74) is 0.132. The van der Waals surface area contributed by atoms with Gasteiger partial charge in [-0.15, -0.1) is 0 Å². The topological polar surface area (TPSA) is 76.5 Å². The predicted molar refractivity (Wildman–Crippen MR) is 72.3 cm³/mol. The van der Waals surface area contributed by atoms with Crippen LogP contribution in [0.4, 0.5) is 4.39 Å². The number of hydrogen-bond donors (Lipinski definition) is 1. The van der Waals surface area contributed by atoms with Gasteiger partial charge in [-0.3, -0.25) is 4.79 Å². The number of ketones is 1.